The van der Waals surface area contributed by atoms with Crippen LogP contribution in [0, 0.1) is 23.3 Å². The third kappa shape index (κ3) is 5.61. The summed E-state index contributed by atoms with van der Waals surface area (Å²) in [6.07, 6.45) is 4.68. The normalized spacial score (nSPS) is 10.4. The standard InChI is InChI=1S/C15H18F4N4O2/c16-10-9(14(22-23-20)13(19)12(18)11(10)17)15(25)21-7-5-3-1-2-4-6-8-24/h24H,1-8H2,(H,21,25). The molecule has 0 bridgehead atoms. The summed E-state index contributed by atoms with van der Waals surface area (Å²) in [6.45, 7) is 0.245. The fourth-order valence-corrected chi connectivity index (χ4v) is 2.20. The van der Waals surface area contributed by atoms with E-state index in [9.17, 15) is 22.4 Å². The summed E-state index contributed by atoms with van der Waals surface area (Å²) in [5.74, 6) is -9.34. The van der Waals surface area contributed by atoms with Gasteiger partial charge in [0.1, 0.15) is 0 Å². The molecule has 1 aromatic rings. The molecule has 1 amide bonds. The van der Waals surface area contributed by atoms with Crippen LogP contribution in [-0.2, 0) is 0 Å². The van der Waals surface area contributed by atoms with Crippen molar-refractivity contribution in [3.63, 3.8) is 0 Å². The average molecular weight is 362 g/mol. The third-order valence-corrected chi connectivity index (χ3v) is 3.48. The van der Waals surface area contributed by atoms with Crippen LogP contribution in [0.1, 0.15) is 48.9 Å². The highest BCUT2D eigenvalue weighted by Gasteiger charge is 2.28. The lowest BCUT2D eigenvalue weighted by atomic mass is 10.1. The Bertz CT molecular complexity index is 664. The maximum absolute atomic E-state index is 13.8. The number of aliphatic hydroxyl groups excluding tert-OH is 1. The molecule has 25 heavy (non-hydrogen) atoms. The lowest BCUT2D eigenvalue weighted by Gasteiger charge is -2.10. The van der Waals surface area contributed by atoms with Crippen molar-refractivity contribution in [1.29, 1.82) is 0 Å². The molecule has 0 aliphatic carbocycles. The van der Waals surface area contributed by atoms with Gasteiger partial charge in [0.15, 0.2) is 23.3 Å². The monoisotopic (exact) mass is 362 g/mol. The van der Waals surface area contributed by atoms with Crippen molar-refractivity contribution in [2.75, 3.05) is 13.2 Å². The number of benzene rings is 1. The SMILES string of the molecule is [N-]=[N+]=Nc1c(F)c(F)c(F)c(F)c1C(=O)NCCCCCCCCO. The second kappa shape index (κ2) is 10.5. The summed E-state index contributed by atoms with van der Waals surface area (Å²) >= 11 is 0. The van der Waals surface area contributed by atoms with Crippen LogP contribution in [0.5, 0.6) is 0 Å². The van der Waals surface area contributed by atoms with E-state index in [4.69, 9.17) is 10.6 Å². The smallest absolute Gasteiger partial charge is 0.254 e. The molecule has 0 radical (unpaired) electrons. The number of carbonyl (C=O) groups is 1. The lowest BCUT2D eigenvalue weighted by Crippen LogP contribution is -2.26. The van der Waals surface area contributed by atoms with Crippen molar-refractivity contribution in [2.45, 2.75) is 38.5 Å². The predicted octanol–water partition coefficient (Wildman–Crippen LogP) is 4.25. The number of nitrogens with zero attached hydrogens (tertiary/aromatic N) is 3. The van der Waals surface area contributed by atoms with Gasteiger partial charge in [-0.2, -0.15) is 0 Å². The minimum Gasteiger partial charge on any atom is -0.396 e. The maximum atomic E-state index is 13.8. The van der Waals surface area contributed by atoms with Crippen molar-refractivity contribution < 1.29 is 27.5 Å². The minimum absolute atomic E-state index is 0.106. The Morgan fingerprint density at radius 1 is 0.960 bits per heavy atom. The number of nitrogens with one attached hydrogen (secondary N) is 1. The summed E-state index contributed by atoms with van der Waals surface area (Å²) in [6, 6.07) is 0. The van der Waals surface area contributed by atoms with Crippen LogP contribution in [-0.4, -0.2) is 24.2 Å². The number of carbonyl (C=O) groups excluding carboxylic acids is 1. The molecule has 1 rings (SSSR count). The van der Waals surface area contributed by atoms with Gasteiger partial charge in [-0.1, -0.05) is 30.8 Å². The van der Waals surface area contributed by atoms with E-state index >= 15 is 0 Å². The first-order chi connectivity index (χ1) is 12.0. The molecular weight excluding hydrogens is 344 g/mol. The van der Waals surface area contributed by atoms with E-state index in [1.165, 1.54) is 0 Å². The van der Waals surface area contributed by atoms with Crippen LogP contribution in [0.15, 0.2) is 5.11 Å². The number of azide groups is 1. The van der Waals surface area contributed by atoms with Gasteiger partial charge in [-0.25, -0.2) is 17.6 Å². The molecule has 1 aromatic carbocycles. The molecule has 0 heterocycles. The maximum Gasteiger partial charge on any atom is 0.254 e. The second-order valence-electron chi connectivity index (χ2n) is 5.27. The Hall–Kier alpha value is -2.32. The van der Waals surface area contributed by atoms with E-state index in [0.717, 1.165) is 32.1 Å². The fourth-order valence-electron chi connectivity index (χ4n) is 2.20. The molecule has 0 spiro atoms. The van der Waals surface area contributed by atoms with E-state index in [1.54, 1.807) is 0 Å². The van der Waals surface area contributed by atoms with Gasteiger partial charge in [-0.15, -0.1) is 0 Å². The molecule has 0 aromatic heterocycles. The van der Waals surface area contributed by atoms with Crippen LogP contribution in [0.4, 0.5) is 23.2 Å². The number of amides is 1. The van der Waals surface area contributed by atoms with Crippen molar-refractivity contribution in [3.8, 4) is 0 Å². The van der Waals surface area contributed by atoms with E-state index in [1.807, 2.05) is 0 Å². The van der Waals surface area contributed by atoms with Crippen LogP contribution in [0.2, 0.25) is 0 Å². The van der Waals surface area contributed by atoms with Gasteiger partial charge in [0.2, 0.25) is 0 Å². The summed E-state index contributed by atoms with van der Waals surface area (Å²) in [7, 11) is 0. The minimum atomic E-state index is -2.15. The predicted molar refractivity (Wildman–Crippen MR) is 82.2 cm³/mol. The number of hydrogen-bond acceptors (Lipinski definition) is 3. The van der Waals surface area contributed by atoms with Gasteiger partial charge < -0.3 is 10.4 Å². The Morgan fingerprint density at radius 3 is 2.12 bits per heavy atom. The van der Waals surface area contributed by atoms with E-state index < -0.39 is 40.4 Å². The molecule has 138 valence electrons. The zero-order valence-electron chi connectivity index (χ0n) is 13.4. The number of rotatable bonds is 10. The number of hydrogen-bond donors (Lipinski definition) is 2. The molecule has 0 aliphatic heterocycles. The Labute approximate surface area is 141 Å². The van der Waals surface area contributed by atoms with Crippen LogP contribution < -0.4 is 5.32 Å². The first kappa shape index (κ1) is 20.7. The Balaban J connectivity index is 2.71. The van der Waals surface area contributed by atoms with E-state index in [0.29, 0.717) is 6.42 Å². The topological polar surface area (TPSA) is 98.1 Å². The van der Waals surface area contributed by atoms with Gasteiger partial charge in [-0.05, 0) is 18.4 Å². The Morgan fingerprint density at radius 2 is 1.52 bits per heavy atom. The van der Waals surface area contributed by atoms with Gasteiger partial charge in [0, 0.05) is 18.1 Å². The summed E-state index contributed by atoms with van der Waals surface area (Å²) in [5, 5.41) is 13.6. The second-order valence-corrected chi connectivity index (χ2v) is 5.27. The van der Waals surface area contributed by atoms with E-state index in [-0.39, 0.29) is 13.2 Å². The quantitative estimate of drug-likeness (QED) is 0.124. The van der Waals surface area contributed by atoms with Crippen LogP contribution in [0.25, 0.3) is 10.4 Å². The average Bonchev–Trinajstić information content (AvgIpc) is 2.60. The molecule has 0 fully saturated rings. The highest BCUT2D eigenvalue weighted by atomic mass is 19.2. The number of aliphatic hydroxyl groups is 1. The first-order valence-corrected chi connectivity index (χ1v) is 7.75. The lowest BCUT2D eigenvalue weighted by molar-refractivity contribution is 0.0947. The van der Waals surface area contributed by atoms with Gasteiger partial charge >= 0.3 is 0 Å². The molecule has 6 nitrogen and oxygen atoms in total. The first-order valence-electron chi connectivity index (χ1n) is 7.75. The van der Waals surface area contributed by atoms with Crippen LogP contribution >= 0.6 is 0 Å². The summed E-state index contributed by atoms with van der Waals surface area (Å²) in [4.78, 5) is 14.1. The number of unbranched alkanes of at least 4 members (excludes halogenated alkanes) is 5. The zero-order chi connectivity index (χ0) is 18.8. The molecule has 0 saturated carbocycles. The molecule has 0 saturated heterocycles. The number of halogens is 4. The van der Waals surface area contributed by atoms with E-state index in [2.05, 4.69) is 15.3 Å². The molecular formula is C15H18F4N4O2. The van der Waals surface area contributed by atoms with Crippen LogP contribution in [0.3, 0.4) is 0 Å². The fraction of sp³-hybridized carbons (Fsp3) is 0.533. The van der Waals surface area contributed by atoms with Crippen molar-refractivity contribution in [2.24, 2.45) is 5.11 Å². The molecule has 0 unspecified atom stereocenters. The van der Waals surface area contributed by atoms with Crippen molar-refractivity contribution in [3.05, 3.63) is 39.3 Å². The molecule has 10 heteroatoms. The largest absolute Gasteiger partial charge is 0.396 e. The molecule has 2 N–H and O–H groups in total. The highest BCUT2D eigenvalue weighted by Crippen LogP contribution is 2.31. The highest BCUT2D eigenvalue weighted by molar-refractivity contribution is 5.99. The van der Waals surface area contributed by atoms with Gasteiger partial charge in [-0.3, -0.25) is 4.79 Å². The third-order valence-electron chi connectivity index (χ3n) is 3.48. The molecule has 0 aliphatic rings. The zero-order valence-corrected chi connectivity index (χ0v) is 13.4. The van der Waals surface area contributed by atoms with Gasteiger partial charge in [0.25, 0.3) is 5.91 Å². The van der Waals surface area contributed by atoms with Gasteiger partial charge in [0.05, 0.1) is 11.3 Å². The molecule has 0 atom stereocenters. The van der Waals surface area contributed by atoms with Crippen molar-refractivity contribution >= 4 is 11.6 Å². The summed E-state index contributed by atoms with van der Waals surface area (Å²) < 4.78 is 53.9. The Kier molecular flexibility index (Phi) is 8.73. The summed E-state index contributed by atoms with van der Waals surface area (Å²) in [5.41, 5.74) is 5.95. The van der Waals surface area contributed by atoms with Crippen molar-refractivity contribution in [1.82, 2.24) is 5.32 Å².